The van der Waals surface area contributed by atoms with Gasteiger partial charge in [-0.25, -0.2) is 4.98 Å². The number of halogens is 1. The quantitative estimate of drug-likeness (QED) is 0.364. The summed E-state index contributed by atoms with van der Waals surface area (Å²) in [5.74, 6) is 0.0118. The third-order valence-electron chi connectivity index (χ3n) is 3.21. The molecule has 0 radical (unpaired) electrons. The number of amides is 1. The molecule has 2 aromatic carbocycles. The molecule has 0 saturated heterocycles. The van der Waals surface area contributed by atoms with Crippen LogP contribution in [0.5, 0.6) is 5.75 Å². The molecule has 7 nitrogen and oxygen atoms in total. The van der Waals surface area contributed by atoms with Gasteiger partial charge >= 0.3 is 0 Å². The highest BCUT2D eigenvalue weighted by Gasteiger charge is 2.18. The van der Waals surface area contributed by atoms with Gasteiger partial charge in [0.1, 0.15) is 5.52 Å². The smallest absolute Gasteiger partial charge is 0.274 e. The Hall–Kier alpha value is -2.27. The Morgan fingerprint density at radius 3 is 2.79 bits per heavy atom. The average molecular weight is 455 g/mol. The first-order valence-corrected chi connectivity index (χ1v) is 8.58. The topological polar surface area (TPSA) is 94.4 Å². The van der Waals surface area contributed by atoms with Crippen molar-refractivity contribution < 1.29 is 14.5 Å². The fraction of sp³-hybridized carbons (Fsp3) is 0.0667. The number of nitrogens with one attached hydrogen (secondary N) is 1. The van der Waals surface area contributed by atoms with Crippen LogP contribution in [-0.4, -0.2) is 22.9 Å². The summed E-state index contributed by atoms with van der Waals surface area (Å²) in [7, 11) is 1.42. The number of hydrogen-bond acceptors (Lipinski definition) is 6. The van der Waals surface area contributed by atoms with E-state index in [1.807, 2.05) is 12.1 Å². The summed E-state index contributed by atoms with van der Waals surface area (Å²) in [5, 5.41) is 14.1. The molecule has 0 unspecified atom stereocenters. The predicted molar refractivity (Wildman–Crippen MR) is 99.9 cm³/mol. The highest BCUT2D eigenvalue weighted by Crippen LogP contribution is 2.36. The van der Waals surface area contributed by atoms with E-state index in [0.717, 1.165) is 14.9 Å². The van der Waals surface area contributed by atoms with Crippen LogP contribution in [0, 0.1) is 13.7 Å². The van der Waals surface area contributed by atoms with Crippen molar-refractivity contribution >= 4 is 60.9 Å². The molecule has 1 N–H and O–H groups in total. The molecule has 3 rings (SSSR count). The minimum Gasteiger partial charge on any atom is -0.494 e. The summed E-state index contributed by atoms with van der Waals surface area (Å²) >= 11 is 3.24. The van der Waals surface area contributed by atoms with Gasteiger partial charge < -0.3 is 4.74 Å². The minimum atomic E-state index is -0.494. The van der Waals surface area contributed by atoms with Crippen LogP contribution in [0.1, 0.15) is 10.4 Å². The molecular formula is C15H10IN3O4S. The summed E-state index contributed by atoms with van der Waals surface area (Å²) in [6.45, 7) is 0. The lowest BCUT2D eigenvalue weighted by molar-refractivity contribution is -0.384. The Balaban J connectivity index is 1.98. The van der Waals surface area contributed by atoms with E-state index in [9.17, 15) is 14.9 Å². The number of thiazole rings is 1. The van der Waals surface area contributed by atoms with Gasteiger partial charge in [-0.05, 0) is 34.7 Å². The van der Waals surface area contributed by atoms with Gasteiger partial charge in [-0.1, -0.05) is 23.5 Å². The number of nitro benzene ring substituents is 1. The van der Waals surface area contributed by atoms with Crippen LogP contribution in [0.4, 0.5) is 10.8 Å². The molecule has 0 bridgehead atoms. The van der Waals surface area contributed by atoms with Crippen LogP contribution in [0.3, 0.4) is 0 Å². The Morgan fingerprint density at radius 1 is 1.38 bits per heavy atom. The van der Waals surface area contributed by atoms with E-state index in [1.54, 1.807) is 12.1 Å². The molecule has 0 fully saturated rings. The van der Waals surface area contributed by atoms with Crippen molar-refractivity contribution in [3.05, 3.63) is 55.6 Å². The molecular weight excluding hydrogens is 445 g/mol. The fourth-order valence-corrected chi connectivity index (χ4v) is 3.65. The Morgan fingerprint density at radius 2 is 2.12 bits per heavy atom. The zero-order chi connectivity index (χ0) is 17.3. The summed E-state index contributed by atoms with van der Waals surface area (Å²) in [6.07, 6.45) is 0. The van der Waals surface area contributed by atoms with Gasteiger partial charge in [-0.15, -0.1) is 0 Å². The molecule has 1 amide bonds. The predicted octanol–water partition coefficient (Wildman–Crippen LogP) is 4.07. The maximum atomic E-state index is 12.4. The molecule has 0 saturated carbocycles. The second-order valence-corrected chi connectivity index (χ2v) is 6.90. The van der Waals surface area contributed by atoms with Crippen molar-refractivity contribution in [1.29, 1.82) is 0 Å². The van der Waals surface area contributed by atoms with Crippen molar-refractivity contribution in [3.8, 4) is 5.75 Å². The molecule has 0 spiro atoms. The number of anilines is 1. The number of nitrogens with zero attached hydrogens (tertiary/aromatic N) is 2. The third kappa shape index (κ3) is 3.17. The number of nitro groups is 1. The molecule has 0 aliphatic heterocycles. The summed E-state index contributed by atoms with van der Waals surface area (Å²) in [6, 6.07) is 9.91. The van der Waals surface area contributed by atoms with Crippen molar-refractivity contribution in [1.82, 2.24) is 4.98 Å². The highest BCUT2D eigenvalue weighted by atomic mass is 127. The lowest BCUT2D eigenvalue weighted by atomic mass is 10.2. The van der Waals surface area contributed by atoms with Crippen LogP contribution < -0.4 is 10.1 Å². The maximum Gasteiger partial charge on any atom is 0.274 e. The molecule has 9 heteroatoms. The van der Waals surface area contributed by atoms with E-state index in [4.69, 9.17) is 4.74 Å². The number of carbonyl (C=O) groups excluding carboxylic acids is 1. The van der Waals surface area contributed by atoms with Crippen LogP contribution >= 0.6 is 33.9 Å². The number of benzene rings is 2. The third-order valence-corrected chi connectivity index (χ3v) is 5.07. The van der Waals surface area contributed by atoms with Crippen molar-refractivity contribution in [2.24, 2.45) is 0 Å². The van der Waals surface area contributed by atoms with Gasteiger partial charge in [-0.3, -0.25) is 20.2 Å². The number of non-ortho nitro benzene ring substituents is 1. The first kappa shape index (κ1) is 16.6. The van der Waals surface area contributed by atoms with Crippen molar-refractivity contribution in [2.75, 3.05) is 12.4 Å². The minimum absolute atomic E-state index is 0.0847. The number of methoxy groups -OCH3 is 1. The number of carbonyl (C=O) groups is 1. The van der Waals surface area contributed by atoms with Gasteiger partial charge in [0.2, 0.25) is 0 Å². The van der Waals surface area contributed by atoms with E-state index >= 15 is 0 Å². The highest BCUT2D eigenvalue weighted by molar-refractivity contribution is 14.1. The van der Waals surface area contributed by atoms with Gasteiger partial charge in [0.15, 0.2) is 10.9 Å². The number of hydrogen-bond donors (Lipinski definition) is 1. The van der Waals surface area contributed by atoms with Crippen LogP contribution in [0.15, 0.2) is 36.4 Å². The van der Waals surface area contributed by atoms with Gasteiger partial charge in [0, 0.05) is 9.64 Å². The maximum absolute atomic E-state index is 12.4. The van der Waals surface area contributed by atoms with Gasteiger partial charge in [-0.2, -0.15) is 0 Å². The normalized spacial score (nSPS) is 10.6. The SMILES string of the molecule is COc1cc([N+](=O)[O-])cc2sc(NC(=O)c3ccccc3I)nc12. The summed E-state index contributed by atoms with van der Waals surface area (Å²) < 4.78 is 6.56. The van der Waals surface area contributed by atoms with E-state index in [1.165, 1.54) is 19.2 Å². The summed E-state index contributed by atoms with van der Waals surface area (Å²) in [5.41, 5.74) is 0.931. The Bertz CT molecular complexity index is 957. The fourth-order valence-electron chi connectivity index (χ4n) is 2.11. The number of fused-ring (bicyclic) bond motifs is 1. The molecule has 0 aliphatic rings. The summed E-state index contributed by atoms with van der Waals surface area (Å²) in [4.78, 5) is 27.2. The molecule has 1 aromatic heterocycles. The zero-order valence-electron chi connectivity index (χ0n) is 12.3. The number of rotatable bonds is 4. The molecule has 3 aromatic rings. The van der Waals surface area contributed by atoms with Crippen molar-refractivity contribution in [3.63, 3.8) is 0 Å². The second-order valence-electron chi connectivity index (χ2n) is 4.70. The molecule has 0 aliphatic carbocycles. The lowest BCUT2D eigenvalue weighted by Gasteiger charge is -2.03. The van der Waals surface area contributed by atoms with Gasteiger partial charge in [0.05, 0.1) is 28.4 Å². The number of aromatic nitrogens is 1. The Kier molecular flexibility index (Phi) is 4.62. The Labute approximate surface area is 153 Å². The standard InChI is InChI=1S/C15H10IN3O4S/c1-23-11-6-8(19(21)22)7-12-13(11)17-15(24-12)18-14(20)9-4-2-3-5-10(9)16/h2-7H,1H3,(H,17,18,20). The monoisotopic (exact) mass is 455 g/mol. The molecule has 0 atom stereocenters. The molecule has 122 valence electrons. The van der Waals surface area contributed by atoms with Crippen LogP contribution in [0.25, 0.3) is 10.2 Å². The lowest BCUT2D eigenvalue weighted by Crippen LogP contribution is -2.12. The van der Waals surface area contributed by atoms with E-state index in [2.05, 4.69) is 32.9 Å². The zero-order valence-corrected chi connectivity index (χ0v) is 15.3. The van der Waals surface area contributed by atoms with E-state index in [-0.39, 0.29) is 11.6 Å². The molecule has 24 heavy (non-hydrogen) atoms. The molecule has 1 heterocycles. The van der Waals surface area contributed by atoms with E-state index in [0.29, 0.717) is 26.7 Å². The van der Waals surface area contributed by atoms with Crippen LogP contribution in [-0.2, 0) is 0 Å². The first-order valence-electron chi connectivity index (χ1n) is 6.68. The van der Waals surface area contributed by atoms with Crippen molar-refractivity contribution in [2.45, 2.75) is 0 Å². The van der Waals surface area contributed by atoms with E-state index < -0.39 is 4.92 Å². The first-order chi connectivity index (χ1) is 11.5. The number of ether oxygens (including phenoxy) is 1. The second kappa shape index (κ2) is 6.69. The van der Waals surface area contributed by atoms with Gasteiger partial charge in [0.25, 0.3) is 11.6 Å². The average Bonchev–Trinajstić information content (AvgIpc) is 2.96. The largest absolute Gasteiger partial charge is 0.494 e. The van der Waals surface area contributed by atoms with Crippen LogP contribution in [0.2, 0.25) is 0 Å².